The lowest BCUT2D eigenvalue weighted by Crippen LogP contribution is -2.34. The number of halogens is 4. The van der Waals surface area contributed by atoms with Crippen LogP contribution in [0.25, 0.3) is 0 Å². The standard InChI is InChI=1S/C10H12F4N2O/c1-6(15)7-3-2-4-16-8(7)17-5-10(13,14)9(11)12/h2-4,6,9H,5,15H2,1H3/t6-/m1/s1. The molecule has 1 aromatic rings. The zero-order chi connectivity index (χ0) is 13.1. The number of hydrogen-bond acceptors (Lipinski definition) is 3. The van der Waals surface area contributed by atoms with Gasteiger partial charge in [-0.1, -0.05) is 6.07 Å². The predicted molar refractivity (Wildman–Crippen MR) is 53.3 cm³/mol. The monoisotopic (exact) mass is 252 g/mol. The van der Waals surface area contributed by atoms with Gasteiger partial charge in [0.15, 0.2) is 6.61 Å². The van der Waals surface area contributed by atoms with Crippen molar-refractivity contribution < 1.29 is 22.3 Å². The second-order valence-corrected chi connectivity index (χ2v) is 3.54. The SMILES string of the molecule is C[C@@H](N)c1cccnc1OCC(F)(F)C(F)F. The molecule has 0 aliphatic heterocycles. The van der Waals surface area contributed by atoms with Crippen LogP contribution in [-0.4, -0.2) is 23.9 Å². The van der Waals surface area contributed by atoms with Gasteiger partial charge < -0.3 is 10.5 Å². The quantitative estimate of drug-likeness (QED) is 0.818. The normalized spacial score (nSPS) is 13.8. The summed E-state index contributed by atoms with van der Waals surface area (Å²) in [6, 6.07) is 2.60. The van der Waals surface area contributed by atoms with Crippen molar-refractivity contribution in [3.63, 3.8) is 0 Å². The lowest BCUT2D eigenvalue weighted by molar-refractivity contribution is -0.148. The highest BCUT2D eigenvalue weighted by molar-refractivity contribution is 5.28. The van der Waals surface area contributed by atoms with Crippen molar-refractivity contribution in [3.05, 3.63) is 23.9 Å². The highest BCUT2D eigenvalue weighted by Gasteiger charge is 2.42. The van der Waals surface area contributed by atoms with Crippen molar-refractivity contribution in [3.8, 4) is 5.88 Å². The van der Waals surface area contributed by atoms with E-state index in [1.807, 2.05) is 0 Å². The maximum atomic E-state index is 12.6. The smallest absolute Gasteiger partial charge is 0.340 e. The van der Waals surface area contributed by atoms with Gasteiger partial charge >= 0.3 is 12.3 Å². The highest BCUT2D eigenvalue weighted by atomic mass is 19.3. The van der Waals surface area contributed by atoms with Crippen LogP contribution in [0.15, 0.2) is 18.3 Å². The number of ether oxygens (including phenoxy) is 1. The first-order chi connectivity index (χ1) is 7.84. The third-order valence-corrected chi connectivity index (χ3v) is 2.01. The molecule has 96 valence electrons. The molecule has 0 fully saturated rings. The summed E-state index contributed by atoms with van der Waals surface area (Å²) in [6.45, 7) is 0.177. The largest absolute Gasteiger partial charge is 0.471 e. The van der Waals surface area contributed by atoms with Gasteiger partial charge in [0.05, 0.1) is 0 Å². The molecule has 0 aliphatic carbocycles. The Morgan fingerprint density at radius 2 is 2.12 bits per heavy atom. The van der Waals surface area contributed by atoms with Crippen molar-refractivity contribution in [1.29, 1.82) is 0 Å². The summed E-state index contributed by atoms with van der Waals surface area (Å²) in [5.74, 6) is -4.35. The Bertz CT molecular complexity index is 371. The van der Waals surface area contributed by atoms with Gasteiger partial charge in [0, 0.05) is 17.8 Å². The summed E-state index contributed by atoms with van der Waals surface area (Å²) >= 11 is 0. The molecule has 0 saturated heterocycles. The molecule has 0 aromatic carbocycles. The van der Waals surface area contributed by atoms with Gasteiger partial charge in [0.2, 0.25) is 5.88 Å². The molecule has 7 heteroatoms. The van der Waals surface area contributed by atoms with E-state index in [0.29, 0.717) is 5.56 Å². The summed E-state index contributed by atoms with van der Waals surface area (Å²) in [6.07, 6.45) is -2.47. The zero-order valence-corrected chi connectivity index (χ0v) is 9.04. The molecule has 1 rings (SSSR count). The molecule has 0 amide bonds. The van der Waals surface area contributed by atoms with E-state index < -0.39 is 25.0 Å². The maximum Gasteiger partial charge on any atom is 0.340 e. The molecule has 0 saturated carbocycles. The van der Waals surface area contributed by atoms with E-state index in [1.165, 1.54) is 12.3 Å². The van der Waals surface area contributed by atoms with E-state index in [4.69, 9.17) is 5.73 Å². The van der Waals surface area contributed by atoms with Crippen molar-refractivity contribution >= 4 is 0 Å². The van der Waals surface area contributed by atoms with E-state index in [1.54, 1.807) is 13.0 Å². The molecule has 1 atom stereocenters. The Kier molecular flexibility index (Phi) is 4.28. The first-order valence-corrected chi connectivity index (χ1v) is 4.84. The number of aromatic nitrogens is 1. The van der Waals surface area contributed by atoms with E-state index in [2.05, 4.69) is 9.72 Å². The van der Waals surface area contributed by atoms with Crippen LogP contribution in [0.3, 0.4) is 0 Å². The van der Waals surface area contributed by atoms with Gasteiger partial charge in [-0.25, -0.2) is 13.8 Å². The maximum absolute atomic E-state index is 12.6. The number of alkyl halides is 4. The Hall–Kier alpha value is -1.37. The molecule has 0 aliphatic rings. The Balaban J connectivity index is 2.76. The number of nitrogens with two attached hydrogens (primary N) is 1. The summed E-state index contributed by atoms with van der Waals surface area (Å²) in [5, 5.41) is 0. The van der Waals surface area contributed by atoms with Crippen LogP contribution in [0.4, 0.5) is 17.6 Å². The minimum atomic E-state index is -4.20. The Morgan fingerprint density at radius 3 is 2.65 bits per heavy atom. The van der Waals surface area contributed by atoms with Crippen LogP contribution in [0.5, 0.6) is 5.88 Å². The number of pyridine rings is 1. The second kappa shape index (κ2) is 5.31. The van der Waals surface area contributed by atoms with E-state index in [0.717, 1.165) is 0 Å². The fourth-order valence-electron chi connectivity index (χ4n) is 1.10. The molecular formula is C10H12F4N2O. The van der Waals surface area contributed by atoms with Crippen molar-refractivity contribution in [2.45, 2.75) is 25.3 Å². The topological polar surface area (TPSA) is 48.1 Å². The highest BCUT2D eigenvalue weighted by Crippen LogP contribution is 2.26. The third kappa shape index (κ3) is 3.55. The molecule has 2 N–H and O–H groups in total. The average Bonchev–Trinajstić information content (AvgIpc) is 2.26. The van der Waals surface area contributed by atoms with E-state index in [-0.39, 0.29) is 5.88 Å². The first kappa shape index (κ1) is 13.7. The van der Waals surface area contributed by atoms with Gasteiger partial charge in [0.25, 0.3) is 0 Å². The minimum Gasteiger partial charge on any atom is -0.471 e. The van der Waals surface area contributed by atoms with Crippen molar-refractivity contribution in [2.75, 3.05) is 6.61 Å². The van der Waals surface area contributed by atoms with Crippen molar-refractivity contribution in [1.82, 2.24) is 4.98 Å². The second-order valence-electron chi connectivity index (χ2n) is 3.54. The molecule has 1 heterocycles. The van der Waals surface area contributed by atoms with Gasteiger partial charge in [-0.15, -0.1) is 0 Å². The van der Waals surface area contributed by atoms with Gasteiger partial charge in [-0.05, 0) is 13.0 Å². The van der Waals surface area contributed by atoms with Crippen LogP contribution in [0.2, 0.25) is 0 Å². The molecule has 0 radical (unpaired) electrons. The third-order valence-electron chi connectivity index (χ3n) is 2.01. The van der Waals surface area contributed by atoms with Crippen LogP contribution < -0.4 is 10.5 Å². The van der Waals surface area contributed by atoms with Crippen LogP contribution in [0.1, 0.15) is 18.5 Å². The predicted octanol–water partition coefficient (Wildman–Crippen LogP) is 2.38. The number of nitrogens with zero attached hydrogens (tertiary/aromatic N) is 1. The molecule has 3 nitrogen and oxygen atoms in total. The van der Waals surface area contributed by atoms with Crippen molar-refractivity contribution in [2.24, 2.45) is 5.73 Å². The summed E-state index contributed by atoms with van der Waals surface area (Å²) < 4.78 is 53.7. The van der Waals surface area contributed by atoms with Crippen LogP contribution in [0, 0.1) is 0 Å². The molecule has 1 aromatic heterocycles. The molecule has 0 spiro atoms. The average molecular weight is 252 g/mol. The number of hydrogen-bond donors (Lipinski definition) is 1. The van der Waals surface area contributed by atoms with Gasteiger partial charge in [-0.2, -0.15) is 8.78 Å². The van der Waals surface area contributed by atoms with E-state index >= 15 is 0 Å². The first-order valence-electron chi connectivity index (χ1n) is 4.84. The summed E-state index contributed by atoms with van der Waals surface area (Å²) in [7, 11) is 0. The summed E-state index contributed by atoms with van der Waals surface area (Å²) in [5.41, 5.74) is 5.94. The lowest BCUT2D eigenvalue weighted by atomic mass is 10.1. The minimum absolute atomic E-state index is 0.150. The Labute approximate surface area is 95.6 Å². The summed E-state index contributed by atoms with van der Waals surface area (Å²) in [4.78, 5) is 3.68. The van der Waals surface area contributed by atoms with Gasteiger partial charge in [0.1, 0.15) is 0 Å². The number of rotatable bonds is 5. The molecule has 17 heavy (non-hydrogen) atoms. The van der Waals surface area contributed by atoms with E-state index in [9.17, 15) is 17.6 Å². The van der Waals surface area contributed by atoms with Gasteiger partial charge in [-0.3, -0.25) is 0 Å². The fourth-order valence-corrected chi connectivity index (χ4v) is 1.10. The molecular weight excluding hydrogens is 240 g/mol. The van der Waals surface area contributed by atoms with Crippen LogP contribution >= 0.6 is 0 Å². The molecule has 0 unspecified atom stereocenters. The fraction of sp³-hybridized carbons (Fsp3) is 0.500. The Morgan fingerprint density at radius 1 is 1.47 bits per heavy atom. The zero-order valence-electron chi connectivity index (χ0n) is 9.04. The van der Waals surface area contributed by atoms with Crippen LogP contribution in [-0.2, 0) is 0 Å². The molecule has 0 bridgehead atoms. The lowest BCUT2D eigenvalue weighted by Gasteiger charge is -2.17.